The first kappa shape index (κ1) is 19.1. The zero-order valence-corrected chi connectivity index (χ0v) is 14.0. The van der Waals surface area contributed by atoms with Crippen molar-refractivity contribution in [3.8, 4) is 11.8 Å². The van der Waals surface area contributed by atoms with E-state index in [1.165, 1.54) is 18.2 Å². The first-order chi connectivity index (χ1) is 12.1. The SMILES string of the molecule is OCC[NH+](CC#C[C@@](O)(c1ccccc1)c1cccc(F)c1)CCO. The van der Waals surface area contributed by atoms with Crippen LogP contribution in [0.15, 0.2) is 54.6 Å². The van der Waals surface area contributed by atoms with E-state index in [4.69, 9.17) is 10.2 Å². The fourth-order valence-electron chi connectivity index (χ4n) is 2.62. The highest BCUT2D eigenvalue weighted by atomic mass is 19.1. The van der Waals surface area contributed by atoms with Crippen molar-refractivity contribution in [3.05, 3.63) is 71.5 Å². The van der Waals surface area contributed by atoms with Crippen molar-refractivity contribution >= 4 is 0 Å². The van der Waals surface area contributed by atoms with Crippen LogP contribution in [0.2, 0.25) is 0 Å². The Morgan fingerprint density at radius 1 is 0.920 bits per heavy atom. The van der Waals surface area contributed by atoms with E-state index in [9.17, 15) is 9.50 Å². The van der Waals surface area contributed by atoms with Crippen LogP contribution in [0.3, 0.4) is 0 Å². The number of rotatable bonds is 7. The summed E-state index contributed by atoms with van der Waals surface area (Å²) in [6, 6.07) is 14.7. The number of benzene rings is 2. The maximum Gasteiger partial charge on any atom is 0.177 e. The quantitative estimate of drug-likeness (QED) is 0.532. The summed E-state index contributed by atoms with van der Waals surface area (Å²) in [6.45, 7) is 1.25. The van der Waals surface area contributed by atoms with Crippen molar-refractivity contribution in [3.63, 3.8) is 0 Å². The minimum absolute atomic E-state index is 0.0101. The standard InChI is InChI=1S/C20H22FNO3/c21-19-9-4-8-18(16-19)20(25,17-6-2-1-3-7-17)10-5-11-22(12-14-23)13-15-24/h1-4,6-9,16,23-25H,11-15H2/p+1/t20-/m1/s1. The summed E-state index contributed by atoms with van der Waals surface area (Å²) in [6.07, 6.45) is 0. The number of quaternary nitrogens is 1. The minimum atomic E-state index is -1.63. The molecule has 0 spiro atoms. The van der Waals surface area contributed by atoms with Gasteiger partial charge in [0.15, 0.2) is 5.60 Å². The second-order valence-corrected chi connectivity index (χ2v) is 5.76. The van der Waals surface area contributed by atoms with Gasteiger partial charge in [0.1, 0.15) is 25.5 Å². The Balaban J connectivity index is 2.35. The minimum Gasteiger partial charge on any atom is -0.391 e. The van der Waals surface area contributed by atoms with E-state index >= 15 is 0 Å². The summed E-state index contributed by atoms with van der Waals surface area (Å²) >= 11 is 0. The van der Waals surface area contributed by atoms with E-state index in [1.54, 1.807) is 30.3 Å². The van der Waals surface area contributed by atoms with Crippen LogP contribution in [0, 0.1) is 17.7 Å². The van der Waals surface area contributed by atoms with E-state index in [0.29, 0.717) is 30.8 Å². The van der Waals surface area contributed by atoms with Crippen molar-refractivity contribution in [1.82, 2.24) is 0 Å². The molecule has 132 valence electrons. The van der Waals surface area contributed by atoms with E-state index in [2.05, 4.69) is 11.8 Å². The lowest BCUT2D eigenvalue weighted by atomic mass is 9.87. The summed E-state index contributed by atoms with van der Waals surface area (Å²) in [4.78, 5) is 0.909. The molecule has 0 fully saturated rings. The Morgan fingerprint density at radius 2 is 1.56 bits per heavy atom. The molecule has 0 aliphatic rings. The van der Waals surface area contributed by atoms with Gasteiger partial charge < -0.3 is 20.2 Å². The predicted molar refractivity (Wildman–Crippen MR) is 93.4 cm³/mol. The number of hydrogen-bond donors (Lipinski definition) is 4. The summed E-state index contributed by atoms with van der Waals surface area (Å²) in [5.74, 6) is 5.35. The Morgan fingerprint density at radius 3 is 2.16 bits per heavy atom. The zero-order chi connectivity index (χ0) is 18.1. The van der Waals surface area contributed by atoms with Crippen LogP contribution in [0.25, 0.3) is 0 Å². The van der Waals surface area contributed by atoms with Crippen molar-refractivity contribution < 1.29 is 24.6 Å². The van der Waals surface area contributed by atoms with Crippen LogP contribution in [0.4, 0.5) is 4.39 Å². The largest absolute Gasteiger partial charge is 0.391 e. The third-order valence-corrected chi connectivity index (χ3v) is 3.97. The van der Waals surface area contributed by atoms with Crippen LogP contribution in [0.1, 0.15) is 11.1 Å². The average Bonchev–Trinajstić information content (AvgIpc) is 2.62. The summed E-state index contributed by atoms with van der Waals surface area (Å²) in [5, 5.41) is 29.3. The molecule has 0 radical (unpaired) electrons. The van der Waals surface area contributed by atoms with Crippen molar-refractivity contribution in [1.29, 1.82) is 0 Å². The van der Waals surface area contributed by atoms with Crippen LogP contribution in [-0.4, -0.2) is 48.2 Å². The first-order valence-electron chi connectivity index (χ1n) is 8.19. The molecular formula is C20H23FNO3+. The Bertz CT molecular complexity index is 720. The van der Waals surface area contributed by atoms with E-state index in [0.717, 1.165) is 4.90 Å². The molecule has 4 nitrogen and oxygen atoms in total. The highest BCUT2D eigenvalue weighted by Crippen LogP contribution is 2.29. The number of aliphatic hydroxyl groups excluding tert-OH is 2. The molecule has 1 atom stereocenters. The molecule has 0 unspecified atom stereocenters. The first-order valence-corrected chi connectivity index (χ1v) is 8.19. The molecule has 4 N–H and O–H groups in total. The summed E-state index contributed by atoms with van der Waals surface area (Å²) < 4.78 is 13.6. The summed E-state index contributed by atoms with van der Waals surface area (Å²) in [7, 11) is 0. The van der Waals surface area contributed by atoms with E-state index in [-0.39, 0.29) is 13.2 Å². The van der Waals surface area contributed by atoms with Gasteiger partial charge in [-0.15, -0.1) is 0 Å². The van der Waals surface area contributed by atoms with Gasteiger partial charge in [0.05, 0.1) is 13.2 Å². The van der Waals surface area contributed by atoms with Crippen LogP contribution in [-0.2, 0) is 5.60 Å². The molecule has 5 heteroatoms. The molecular weight excluding hydrogens is 321 g/mol. The van der Waals surface area contributed by atoms with Gasteiger partial charge in [-0.3, -0.25) is 0 Å². The fourth-order valence-corrected chi connectivity index (χ4v) is 2.62. The number of nitrogens with one attached hydrogen (secondary N) is 1. The van der Waals surface area contributed by atoms with Crippen LogP contribution in [0.5, 0.6) is 0 Å². The molecule has 0 aliphatic heterocycles. The maximum absolute atomic E-state index is 13.6. The second-order valence-electron chi connectivity index (χ2n) is 5.76. The number of hydrogen-bond acceptors (Lipinski definition) is 3. The van der Waals surface area contributed by atoms with Gasteiger partial charge in [0.25, 0.3) is 0 Å². The third-order valence-electron chi connectivity index (χ3n) is 3.97. The van der Waals surface area contributed by atoms with Crippen molar-refractivity contribution in [2.45, 2.75) is 5.60 Å². The van der Waals surface area contributed by atoms with Gasteiger partial charge in [-0.25, -0.2) is 4.39 Å². The molecule has 2 aromatic rings. The lowest BCUT2D eigenvalue weighted by Gasteiger charge is -2.24. The van der Waals surface area contributed by atoms with Gasteiger partial charge in [-0.2, -0.15) is 0 Å². The van der Waals surface area contributed by atoms with Crippen molar-refractivity contribution in [2.24, 2.45) is 0 Å². The topological polar surface area (TPSA) is 65.1 Å². The highest BCUT2D eigenvalue weighted by molar-refractivity contribution is 5.44. The van der Waals surface area contributed by atoms with E-state index < -0.39 is 11.4 Å². The average molecular weight is 344 g/mol. The Kier molecular flexibility index (Phi) is 7.11. The lowest BCUT2D eigenvalue weighted by Crippen LogP contribution is -3.12. The van der Waals surface area contributed by atoms with Crippen LogP contribution < -0.4 is 4.90 Å². The van der Waals surface area contributed by atoms with Gasteiger partial charge in [0.2, 0.25) is 0 Å². The van der Waals surface area contributed by atoms with Gasteiger partial charge in [-0.1, -0.05) is 48.4 Å². The second kappa shape index (κ2) is 9.30. The predicted octanol–water partition coefficient (Wildman–Crippen LogP) is -0.0655. The van der Waals surface area contributed by atoms with E-state index in [1.807, 2.05) is 6.07 Å². The molecule has 0 aromatic heterocycles. The van der Waals surface area contributed by atoms with Gasteiger partial charge in [-0.05, 0) is 18.1 Å². The lowest BCUT2D eigenvalue weighted by molar-refractivity contribution is -0.893. The highest BCUT2D eigenvalue weighted by Gasteiger charge is 2.29. The van der Waals surface area contributed by atoms with Crippen LogP contribution >= 0.6 is 0 Å². The smallest absolute Gasteiger partial charge is 0.177 e. The normalized spacial score (nSPS) is 13.2. The zero-order valence-electron chi connectivity index (χ0n) is 14.0. The molecule has 0 heterocycles. The van der Waals surface area contributed by atoms with Gasteiger partial charge in [0, 0.05) is 11.1 Å². The molecule has 25 heavy (non-hydrogen) atoms. The summed E-state index contributed by atoms with van der Waals surface area (Å²) in [5.41, 5.74) is -0.719. The molecule has 0 bridgehead atoms. The number of aliphatic hydroxyl groups is 3. The molecule has 2 aromatic carbocycles. The Labute approximate surface area is 147 Å². The van der Waals surface area contributed by atoms with Crippen molar-refractivity contribution in [2.75, 3.05) is 32.8 Å². The number of halogens is 1. The molecule has 0 amide bonds. The molecule has 2 rings (SSSR count). The molecule has 0 saturated heterocycles. The Hall–Kier alpha value is -2.23. The maximum atomic E-state index is 13.6. The molecule has 0 saturated carbocycles. The third kappa shape index (κ3) is 5.12. The molecule has 0 aliphatic carbocycles. The fraction of sp³-hybridized carbons (Fsp3) is 0.300. The van der Waals surface area contributed by atoms with Gasteiger partial charge >= 0.3 is 0 Å². The monoisotopic (exact) mass is 344 g/mol.